The Labute approximate surface area is 177 Å². The molecule has 1 saturated heterocycles. The SMILES string of the molecule is CCS(=O)(=O)N1CCC[C@H](C(=O)Nc2ccccc2C(=O)NCc2ccccc2)C1. The van der Waals surface area contributed by atoms with Crippen molar-refractivity contribution in [2.45, 2.75) is 26.3 Å². The van der Waals surface area contributed by atoms with Crippen LogP contribution in [0.25, 0.3) is 0 Å². The highest BCUT2D eigenvalue weighted by molar-refractivity contribution is 7.89. The summed E-state index contributed by atoms with van der Waals surface area (Å²) in [5.41, 5.74) is 1.77. The summed E-state index contributed by atoms with van der Waals surface area (Å²) in [5, 5.41) is 5.69. The van der Waals surface area contributed by atoms with E-state index in [1.807, 2.05) is 30.3 Å². The summed E-state index contributed by atoms with van der Waals surface area (Å²) < 4.78 is 25.7. The predicted octanol–water partition coefficient (Wildman–Crippen LogP) is 2.62. The number of carbonyl (C=O) groups excluding carboxylic acids is 2. The molecular weight excluding hydrogens is 402 g/mol. The van der Waals surface area contributed by atoms with Gasteiger partial charge in [0, 0.05) is 19.6 Å². The minimum atomic E-state index is -3.33. The molecule has 1 aliphatic heterocycles. The second-order valence-electron chi connectivity index (χ2n) is 7.30. The fraction of sp³-hybridized carbons (Fsp3) is 0.364. The van der Waals surface area contributed by atoms with Crippen LogP contribution >= 0.6 is 0 Å². The highest BCUT2D eigenvalue weighted by Gasteiger charge is 2.31. The topological polar surface area (TPSA) is 95.6 Å². The predicted molar refractivity (Wildman–Crippen MR) is 116 cm³/mol. The Kier molecular flexibility index (Phi) is 7.23. The molecule has 0 spiro atoms. The van der Waals surface area contributed by atoms with Gasteiger partial charge in [0.1, 0.15) is 0 Å². The molecule has 2 amide bonds. The highest BCUT2D eigenvalue weighted by atomic mass is 32.2. The van der Waals surface area contributed by atoms with E-state index in [1.54, 1.807) is 31.2 Å². The van der Waals surface area contributed by atoms with Crippen LogP contribution in [0.2, 0.25) is 0 Å². The molecule has 0 aromatic heterocycles. The number of benzene rings is 2. The first-order valence-corrected chi connectivity index (χ1v) is 11.7. The van der Waals surface area contributed by atoms with Gasteiger partial charge in [-0.1, -0.05) is 42.5 Å². The molecule has 7 nitrogen and oxygen atoms in total. The Morgan fingerprint density at radius 2 is 1.77 bits per heavy atom. The molecular formula is C22H27N3O4S. The third-order valence-corrected chi connectivity index (χ3v) is 7.09. The molecule has 0 bridgehead atoms. The molecule has 1 fully saturated rings. The van der Waals surface area contributed by atoms with E-state index in [9.17, 15) is 18.0 Å². The first-order chi connectivity index (χ1) is 14.4. The molecule has 30 heavy (non-hydrogen) atoms. The fourth-order valence-corrected chi connectivity index (χ4v) is 4.67. The van der Waals surface area contributed by atoms with Gasteiger partial charge in [0.2, 0.25) is 15.9 Å². The van der Waals surface area contributed by atoms with Crippen LogP contribution in [0.15, 0.2) is 54.6 Å². The molecule has 1 aliphatic rings. The Morgan fingerprint density at radius 3 is 2.50 bits per heavy atom. The van der Waals surface area contributed by atoms with Crippen LogP contribution < -0.4 is 10.6 Å². The van der Waals surface area contributed by atoms with Crippen molar-refractivity contribution in [2.75, 3.05) is 24.2 Å². The van der Waals surface area contributed by atoms with Crippen LogP contribution in [0.5, 0.6) is 0 Å². The monoisotopic (exact) mass is 429 g/mol. The zero-order valence-electron chi connectivity index (χ0n) is 17.0. The average Bonchev–Trinajstić information content (AvgIpc) is 2.78. The molecule has 0 unspecified atom stereocenters. The van der Waals surface area contributed by atoms with E-state index in [2.05, 4.69) is 10.6 Å². The molecule has 1 atom stereocenters. The Morgan fingerprint density at radius 1 is 1.07 bits per heavy atom. The maximum absolute atomic E-state index is 12.8. The van der Waals surface area contributed by atoms with Crippen molar-refractivity contribution in [3.8, 4) is 0 Å². The van der Waals surface area contributed by atoms with Crippen molar-refractivity contribution < 1.29 is 18.0 Å². The maximum Gasteiger partial charge on any atom is 0.253 e. The van der Waals surface area contributed by atoms with E-state index in [0.29, 0.717) is 37.2 Å². The van der Waals surface area contributed by atoms with E-state index in [-0.39, 0.29) is 24.1 Å². The van der Waals surface area contributed by atoms with Gasteiger partial charge in [-0.3, -0.25) is 9.59 Å². The number of nitrogens with zero attached hydrogens (tertiary/aromatic N) is 1. The normalized spacial score (nSPS) is 17.3. The smallest absolute Gasteiger partial charge is 0.253 e. The summed E-state index contributed by atoms with van der Waals surface area (Å²) in [6, 6.07) is 16.4. The zero-order chi connectivity index (χ0) is 21.6. The molecule has 160 valence electrons. The van der Waals surface area contributed by atoms with Crippen LogP contribution in [0, 0.1) is 5.92 Å². The summed E-state index contributed by atoms with van der Waals surface area (Å²) in [6.07, 6.45) is 1.25. The highest BCUT2D eigenvalue weighted by Crippen LogP contribution is 2.22. The maximum atomic E-state index is 12.8. The number of hydrogen-bond donors (Lipinski definition) is 2. The van der Waals surface area contributed by atoms with Gasteiger partial charge in [0.05, 0.1) is 22.9 Å². The molecule has 0 radical (unpaired) electrons. The number of para-hydroxylation sites is 1. The van der Waals surface area contributed by atoms with Crippen molar-refractivity contribution in [1.82, 2.24) is 9.62 Å². The number of rotatable bonds is 7. The summed E-state index contributed by atoms with van der Waals surface area (Å²) >= 11 is 0. The van der Waals surface area contributed by atoms with Crippen molar-refractivity contribution in [3.63, 3.8) is 0 Å². The summed E-state index contributed by atoms with van der Waals surface area (Å²) in [7, 11) is -3.33. The molecule has 0 aliphatic carbocycles. The van der Waals surface area contributed by atoms with Gasteiger partial charge < -0.3 is 10.6 Å². The summed E-state index contributed by atoms with van der Waals surface area (Å²) in [5.74, 6) is -0.977. The van der Waals surface area contributed by atoms with Crippen molar-refractivity contribution >= 4 is 27.5 Å². The van der Waals surface area contributed by atoms with Crippen LogP contribution in [-0.2, 0) is 21.4 Å². The molecule has 2 aromatic carbocycles. The van der Waals surface area contributed by atoms with Gasteiger partial charge in [-0.25, -0.2) is 12.7 Å². The minimum Gasteiger partial charge on any atom is -0.348 e. The average molecular weight is 430 g/mol. The van der Waals surface area contributed by atoms with E-state index in [0.717, 1.165) is 5.56 Å². The number of sulfonamides is 1. The molecule has 3 rings (SSSR count). The second kappa shape index (κ2) is 9.86. The molecule has 0 saturated carbocycles. The minimum absolute atomic E-state index is 0.0196. The van der Waals surface area contributed by atoms with E-state index in [1.165, 1.54) is 4.31 Å². The largest absolute Gasteiger partial charge is 0.348 e. The first kappa shape index (κ1) is 22.0. The van der Waals surface area contributed by atoms with Crippen LogP contribution in [-0.4, -0.2) is 43.4 Å². The molecule has 2 N–H and O–H groups in total. The van der Waals surface area contributed by atoms with Gasteiger partial charge in [0.15, 0.2) is 0 Å². The third kappa shape index (κ3) is 5.46. The van der Waals surface area contributed by atoms with Gasteiger partial charge >= 0.3 is 0 Å². The van der Waals surface area contributed by atoms with E-state index >= 15 is 0 Å². The molecule has 2 aromatic rings. The molecule has 8 heteroatoms. The lowest BCUT2D eigenvalue weighted by atomic mass is 9.98. The summed E-state index contributed by atoms with van der Waals surface area (Å²) in [6.45, 7) is 2.60. The fourth-order valence-electron chi connectivity index (χ4n) is 3.49. The number of piperidine rings is 1. The van der Waals surface area contributed by atoms with Crippen molar-refractivity contribution in [2.24, 2.45) is 5.92 Å². The Bertz CT molecular complexity index is 992. The lowest BCUT2D eigenvalue weighted by Gasteiger charge is -2.31. The van der Waals surface area contributed by atoms with E-state index < -0.39 is 15.9 Å². The van der Waals surface area contributed by atoms with Gasteiger partial charge in [-0.2, -0.15) is 0 Å². The van der Waals surface area contributed by atoms with Crippen LogP contribution in [0.3, 0.4) is 0 Å². The number of amides is 2. The number of hydrogen-bond acceptors (Lipinski definition) is 4. The van der Waals surface area contributed by atoms with Gasteiger partial charge in [-0.15, -0.1) is 0 Å². The quantitative estimate of drug-likeness (QED) is 0.707. The summed E-state index contributed by atoms with van der Waals surface area (Å²) in [4.78, 5) is 25.5. The Hall–Kier alpha value is -2.71. The van der Waals surface area contributed by atoms with Gasteiger partial charge in [0.25, 0.3) is 5.91 Å². The van der Waals surface area contributed by atoms with Gasteiger partial charge in [-0.05, 0) is 37.5 Å². The Balaban J connectivity index is 1.66. The lowest BCUT2D eigenvalue weighted by molar-refractivity contribution is -0.120. The zero-order valence-corrected chi connectivity index (χ0v) is 17.8. The number of anilines is 1. The van der Waals surface area contributed by atoms with Crippen molar-refractivity contribution in [1.29, 1.82) is 0 Å². The lowest BCUT2D eigenvalue weighted by Crippen LogP contribution is -2.44. The third-order valence-electron chi connectivity index (χ3n) is 5.24. The second-order valence-corrected chi connectivity index (χ2v) is 9.56. The van der Waals surface area contributed by atoms with Crippen LogP contribution in [0.1, 0.15) is 35.7 Å². The van der Waals surface area contributed by atoms with Crippen LogP contribution in [0.4, 0.5) is 5.69 Å². The number of carbonyl (C=O) groups is 2. The molecule has 1 heterocycles. The standard InChI is InChI=1S/C22H27N3O4S/c1-2-30(28,29)25-14-8-11-18(16-25)21(26)24-20-13-7-6-12-19(20)22(27)23-15-17-9-4-3-5-10-17/h3-7,9-10,12-13,18H,2,8,11,14-16H2,1H3,(H,23,27)(H,24,26)/t18-/m0/s1. The first-order valence-electron chi connectivity index (χ1n) is 10.1. The number of nitrogens with one attached hydrogen (secondary N) is 2. The van der Waals surface area contributed by atoms with E-state index in [4.69, 9.17) is 0 Å². The van der Waals surface area contributed by atoms with Crippen molar-refractivity contribution in [3.05, 3.63) is 65.7 Å².